The van der Waals surface area contributed by atoms with Gasteiger partial charge >= 0.3 is 0 Å². The molecule has 0 spiro atoms. The molecule has 0 bridgehead atoms. The summed E-state index contributed by atoms with van der Waals surface area (Å²) in [6.45, 7) is 4.94. The lowest BCUT2D eigenvalue weighted by Crippen LogP contribution is -2.41. The van der Waals surface area contributed by atoms with Crippen LogP contribution in [-0.4, -0.2) is 11.5 Å². The number of aromatic nitrogens is 1. The Morgan fingerprint density at radius 3 is 2.78 bits per heavy atom. The van der Waals surface area contributed by atoms with E-state index in [0.29, 0.717) is 6.42 Å². The van der Waals surface area contributed by atoms with Gasteiger partial charge in [0, 0.05) is 11.6 Å². The van der Waals surface area contributed by atoms with Crippen molar-refractivity contribution in [2.75, 3.05) is 6.54 Å². The van der Waals surface area contributed by atoms with E-state index in [2.05, 4.69) is 17.2 Å². The van der Waals surface area contributed by atoms with Crippen LogP contribution in [-0.2, 0) is 12.0 Å². The van der Waals surface area contributed by atoms with Gasteiger partial charge in [0.15, 0.2) is 0 Å². The van der Waals surface area contributed by atoms with Crippen molar-refractivity contribution >= 4 is 11.3 Å². The summed E-state index contributed by atoms with van der Waals surface area (Å²) in [6, 6.07) is 6.92. The van der Waals surface area contributed by atoms with Gasteiger partial charge in [-0.15, -0.1) is 11.3 Å². The van der Waals surface area contributed by atoms with Crippen LogP contribution in [0.4, 0.5) is 4.39 Å². The molecule has 2 aromatic rings. The third-order valence-corrected chi connectivity index (χ3v) is 4.01. The zero-order valence-electron chi connectivity index (χ0n) is 10.6. The number of nitrogens with zero attached hydrogens (tertiary/aromatic N) is 1. The second-order valence-electron chi connectivity index (χ2n) is 4.47. The molecule has 2 nitrogen and oxygen atoms in total. The number of hydrogen-bond acceptors (Lipinski definition) is 3. The van der Waals surface area contributed by atoms with Crippen molar-refractivity contribution in [1.29, 1.82) is 0 Å². The van der Waals surface area contributed by atoms with Crippen LogP contribution >= 0.6 is 11.3 Å². The minimum atomic E-state index is -0.314. The van der Waals surface area contributed by atoms with Gasteiger partial charge in [-0.1, -0.05) is 25.1 Å². The molecule has 1 N–H and O–H groups in total. The molecule has 2 rings (SSSR count). The molecule has 0 amide bonds. The summed E-state index contributed by atoms with van der Waals surface area (Å²) in [4.78, 5) is 4.37. The standard InChI is InChI=1S/C14H17FN2S/c1-3-17-14(2,13-16-8-9-18-13)10-11-6-4-5-7-12(11)15/h4-9,17H,3,10H2,1-2H3. The fraction of sp³-hybridized carbons (Fsp3) is 0.357. The van der Waals surface area contributed by atoms with E-state index in [9.17, 15) is 4.39 Å². The molecule has 0 saturated heterocycles. The molecule has 0 radical (unpaired) electrons. The summed E-state index contributed by atoms with van der Waals surface area (Å²) in [5.41, 5.74) is 0.404. The largest absolute Gasteiger partial charge is 0.306 e. The summed E-state index contributed by atoms with van der Waals surface area (Å²) < 4.78 is 13.8. The normalized spacial score (nSPS) is 14.4. The van der Waals surface area contributed by atoms with Crippen molar-refractivity contribution in [3.05, 3.63) is 52.2 Å². The van der Waals surface area contributed by atoms with Crippen LogP contribution in [0.1, 0.15) is 24.4 Å². The van der Waals surface area contributed by atoms with Crippen LogP contribution in [0.25, 0.3) is 0 Å². The first-order chi connectivity index (χ1) is 8.65. The third kappa shape index (κ3) is 2.76. The van der Waals surface area contributed by atoms with Gasteiger partial charge in [-0.3, -0.25) is 0 Å². The Hall–Kier alpha value is -1.26. The predicted octanol–water partition coefficient (Wildman–Crippen LogP) is 3.35. The lowest BCUT2D eigenvalue weighted by atomic mass is 9.93. The molecule has 1 atom stereocenters. The second-order valence-corrected chi connectivity index (χ2v) is 5.36. The van der Waals surface area contributed by atoms with Crippen molar-refractivity contribution in [1.82, 2.24) is 10.3 Å². The van der Waals surface area contributed by atoms with Gasteiger partial charge in [0.05, 0.1) is 5.54 Å². The SMILES string of the molecule is CCNC(C)(Cc1ccccc1F)c1nccs1. The monoisotopic (exact) mass is 264 g/mol. The van der Waals surface area contributed by atoms with E-state index in [1.54, 1.807) is 23.6 Å². The Labute approximate surface area is 111 Å². The average molecular weight is 264 g/mol. The van der Waals surface area contributed by atoms with Crippen LogP contribution in [0.15, 0.2) is 35.8 Å². The molecule has 1 heterocycles. The lowest BCUT2D eigenvalue weighted by molar-refractivity contribution is 0.366. The first-order valence-electron chi connectivity index (χ1n) is 6.04. The zero-order chi connectivity index (χ0) is 13.0. The van der Waals surface area contributed by atoms with E-state index < -0.39 is 0 Å². The molecular weight excluding hydrogens is 247 g/mol. The first kappa shape index (κ1) is 13.2. The Kier molecular flexibility index (Phi) is 4.09. The number of hydrogen-bond donors (Lipinski definition) is 1. The highest BCUT2D eigenvalue weighted by atomic mass is 32.1. The van der Waals surface area contributed by atoms with Crippen molar-refractivity contribution in [2.24, 2.45) is 0 Å². The van der Waals surface area contributed by atoms with Crippen LogP contribution in [0.2, 0.25) is 0 Å². The molecule has 0 aliphatic carbocycles. The van der Waals surface area contributed by atoms with E-state index in [1.165, 1.54) is 6.07 Å². The fourth-order valence-corrected chi connectivity index (χ4v) is 2.90. The number of nitrogens with one attached hydrogen (secondary N) is 1. The topological polar surface area (TPSA) is 24.9 Å². The van der Waals surface area contributed by atoms with Gasteiger partial charge in [0.25, 0.3) is 0 Å². The van der Waals surface area contributed by atoms with Crippen molar-refractivity contribution in [3.8, 4) is 0 Å². The highest BCUT2D eigenvalue weighted by Crippen LogP contribution is 2.28. The molecular formula is C14H17FN2S. The molecule has 96 valence electrons. The summed E-state index contributed by atoms with van der Waals surface area (Å²) in [5.74, 6) is -0.154. The Morgan fingerprint density at radius 1 is 1.39 bits per heavy atom. The summed E-state index contributed by atoms with van der Waals surface area (Å²) in [7, 11) is 0. The minimum Gasteiger partial charge on any atom is -0.306 e. The maximum absolute atomic E-state index is 13.8. The van der Waals surface area contributed by atoms with Gasteiger partial charge < -0.3 is 5.32 Å². The van der Waals surface area contributed by atoms with Crippen LogP contribution in [0.5, 0.6) is 0 Å². The molecule has 0 aliphatic rings. The van der Waals surface area contributed by atoms with Crippen molar-refractivity contribution in [2.45, 2.75) is 25.8 Å². The smallest absolute Gasteiger partial charge is 0.126 e. The Morgan fingerprint density at radius 2 is 2.17 bits per heavy atom. The van der Waals surface area contributed by atoms with Gasteiger partial charge in [0.1, 0.15) is 10.8 Å². The van der Waals surface area contributed by atoms with Crippen LogP contribution < -0.4 is 5.32 Å². The molecule has 0 fully saturated rings. The average Bonchev–Trinajstić information content (AvgIpc) is 2.87. The zero-order valence-corrected chi connectivity index (χ0v) is 11.4. The van der Waals surface area contributed by atoms with Gasteiger partial charge in [0.2, 0.25) is 0 Å². The summed E-state index contributed by atoms with van der Waals surface area (Å²) in [5, 5.41) is 6.36. The Balaban J connectivity index is 2.29. The Bertz CT molecular complexity index is 498. The molecule has 0 saturated carbocycles. The molecule has 1 aromatic carbocycles. The van der Waals surface area contributed by atoms with E-state index in [4.69, 9.17) is 0 Å². The van der Waals surface area contributed by atoms with Crippen LogP contribution in [0, 0.1) is 5.82 Å². The predicted molar refractivity (Wildman–Crippen MR) is 73.2 cm³/mol. The van der Waals surface area contributed by atoms with E-state index in [-0.39, 0.29) is 11.4 Å². The minimum absolute atomic E-state index is 0.154. The van der Waals surface area contributed by atoms with Gasteiger partial charge in [-0.05, 0) is 31.5 Å². The number of likely N-dealkylation sites (N-methyl/N-ethyl adjacent to an activating group) is 1. The third-order valence-electron chi connectivity index (χ3n) is 2.97. The number of thiazole rings is 1. The quantitative estimate of drug-likeness (QED) is 0.896. The summed E-state index contributed by atoms with van der Waals surface area (Å²) >= 11 is 1.60. The number of halogens is 1. The van der Waals surface area contributed by atoms with Crippen molar-refractivity contribution < 1.29 is 4.39 Å². The van der Waals surface area contributed by atoms with E-state index in [0.717, 1.165) is 17.1 Å². The first-order valence-corrected chi connectivity index (χ1v) is 6.92. The molecule has 4 heteroatoms. The fourth-order valence-electron chi connectivity index (χ4n) is 2.12. The van der Waals surface area contributed by atoms with E-state index in [1.807, 2.05) is 24.4 Å². The molecule has 18 heavy (non-hydrogen) atoms. The highest BCUT2D eigenvalue weighted by molar-refractivity contribution is 7.09. The lowest BCUT2D eigenvalue weighted by Gasteiger charge is -2.28. The van der Waals surface area contributed by atoms with Crippen molar-refractivity contribution in [3.63, 3.8) is 0 Å². The highest BCUT2D eigenvalue weighted by Gasteiger charge is 2.29. The van der Waals surface area contributed by atoms with Gasteiger partial charge in [-0.2, -0.15) is 0 Å². The maximum atomic E-state index is 13.8. The number of rotatable bonds is 5. The van der Waals surface area contributed by atoms with Crippen LogP contribution in [0.3, 0.4) is 0 Å². The molecule has 1 unspecified atom stereocenters. The summed E-state index contributed by atoms with van der Waals surface area (Å²) in [6.07, 6.45) is 2.39. The van der Waals surface area contributed by atoms with E-state index >= 15 is 0 Å². The number of benzene rings is 1. The second kappa shape index (κ2) is 5.59. The maximum Gasteiger partial charge on any atom is 0.126 e. The van der Waals surface area contributed by atoms with Gasteiger partial charge in [-0.25, -0.2) is 9.37 Å². The molecule has 0 aliphatic heterocycles. The molecule has 1 aromatic heterocycles.